The maximum absolute atomic E-state index is 5.98. The Morgan fingerprint density at radius 2 is 0.400 bits per heavy atom. The lowest BCUT2D eigenvalue weighted by atomic mass is 9.98. The van der Waals surface area contributed by atoms with E-state index >= 15 is 0 Å². The van der Waals surface area contributed by atoms with E-state index in [0.717, 1.165) is 83.8 Å². The fraction of sp³-hybridized carbons (Fsp3) is 0.00813. The number of fused-ring (bicyclic) bond motifs is 11. The summed E-state index contributed by atoms with van der Waals surface area (Å²) in [4.78, 5) is 0. The van der Waals surface area contributed by atoms with E-state index in [-0.39, 0.29) is 0 Å². The van der Waals surface area contributed by atoms with E-state index in [9.17, 15) is 0 Å². The standard InChI is InChI=1S/2C42H27N3O.C39H27N3O/c1-2-10-31(11-3-1)41-43-44-42(46-41)32-19-17-28(18-20-32)33-23-26-40-38(27-33)37-14-6-7-16-39(37)45(40)34-24-21-30(22-25-34)36-15-8-12-29-9-4-5-13-35(29)36;1-2-9-31(10-3-1)41-43-44-42(46-41)32-17-14-29(15-18-32)35-22-25-40-38(27-35)37-12-6-7-13-39(37)45(40)36-23-20-30(21-24-36)34-19-16-28-8-4-5-11-33(28)26-34;1-26-11-13-27(14-12-26)28-19-22-33(23-20-28)42-36-10-6-5-9-34(36)35-25-32(21-24-37(35)42)29-15-17-31(18-16-29)39-41-40-38(43-39)30-7-3-2-4-8-30/h2*1-27H;2-25H,1H3. The van der Waals surface area contributed by atoms with Crippen LogP contribution in [0.3, 0.4) is 0 Å². The number of hydrogen-bond donors (Lipinski definition) is 0. The molecule has 0 aliphatic carbocycles. The van der Waals surface area contributed by atoms with E-state index in [4.69, 9.17) is 13.3 Å². The summed E-state index contributed by atoms with van der Waals surface area (Å²) in [5, 5.41) is 38.0. The number of aryl methyl sites for hydroxylation is 1. The molecule has 20 aromatic carbocycles. The van der Waals surface area contributed by atoms with Gasteiger partial charge in [-0.1, -0.05) is 309 Å². The first kappa shape index (κ1) is 80.1. The van der Waals surface area contributed by atoms with Crippen LogP contribution in [0.2, 0.25) is 0 Å². The van der Waals surface area contributed by atoms with Gasteiger partial charge in [0.2, 0.25) is 35.3 Å². The zero-order valence-corrected chi connectivity index (χ0v) is 73.3. The van der Waals surface area contributed by atoms with Crippen molar-refractivity contribution in [1.29, 1.82) is 0 Å². The maximum atomic E-state index is 5.98. The minimum absolute atomic E-state index is 0.510. The van der Waals surface area contributed by atoms with E-state index in [1.54, 1.807) is 0 Å². The molecular formula is C123H81N9O3. The van der Waals surface area contributed by atoms with Crippen LogP contribution >= 0.6 is 0 Å². The zero-order valence-electron chi connectivity index (χ0n) is 73.3. The Labute approximate surface area is 777 Å². The van der Waals surface area contributed by atoms with Gasteiger partial charge in [0.15, 0.2) is 0 Å². The average Bonchev–Trinajstić information content (AvgIpc) is 1.60. The third-order valence-electron chi connectivity index (χ3n) is 25.7. The van der Waals surface area contributed by atoms with Crippen LogP contribution in [-0.2, 0) is 0 Å². The van der Waals surface area contributed by atoms with Crippen molar-refractivity contribution in [3.8, 4) is 153 Å². The number of benzene rings is 20. The van der Waals surface area contributed by atoms with E-state index < -0.39 is 0 Å². The van der Waals surface area contributed by atoms with Gasteiger partial charge in [-0.2, -0.15) is 0 Å². The molecule has 0 spiro atoms. The molecule has 6 heterocycles. The van der Waals surface area contributed by atoms with Crippen molar-refractivity contribution in [2.24, 2.45) is 0 Å². The summed E-state index contributed by atoms with van der Waals surface area (Å²) in [5.41, 5.74) is 31.4. The van der Waals surface area contributed by atoms with Gasteiger partial charge in [-0.15, -0.1) is 30.6 Å². The van der Waals surface area contributed by atoms with Crippen LogP contribution in [0.1, 0.15) is 5.56 Å². The minimum Gasteiger partial charge on any atom is -0.416 e. The van der Waals surface area contributed by atoms with Crippen molar-refractivity contribution >= 4 is 87.0 Å². The first-order chi connectivity index (χ1) is 66.8. The lowest BCUT2D eigenvalue weighted by molar-refractivity contribution is 0.584. The summed E-state index contributed by atoms with van der Waals surface area (Å²) >= 11 is 0. The third kappa shape index (κ3) is 15.4. The van der Waals surface area contributed by atoms with Crippen molar-refractivity contribution in [1.82, 2.24) is 44.3 Å². The van der Waals surface area contributed by atoms with Gasteiger partial charge in [0.25, 0.3) is 0 Å². The SMILES string of the molecule is Cc1ccc(-c2ccc(-n3c4ccccc4c4cc(-c5ccc(-c6nnc(-c7ccccc7)o6)cc5)ccc43)cc2)cc1.c1ccc(-c2nnc(-c3ccc(-c4ccc5c(c4)c4ccccc4n5-c4ccc(-c5ccc6ccccc6c5)cc4)cc3)o2)cc1.c1ccc(-c2nnc(-c3ccc(-c4ccc5c(c4)c4ccccc4n5-c4ccc(-c5cccc6ccccc56)cc4)cc3)o2)cc1. The normalized spacial score (nSPS) is 11.4. The molecule has 0 atom stereocenters. The van der Waals surface area contributed by atoms with Gasteiger partial charge in [-0.25, -0.2) is 0 Å². The molecule has 636 valence electrons. The van der Waals surface area contributed by atoms with Crippen LogP contribution in [-0.4, -0.2) is 44.3 Å². The molecule has 0 saturated heterocycles. The Balaban J connectivity index is 0.000000111. The molecule has 0 aliphatic heterocycles. The second kappa shape index (κ2) is 34.6. The Bertz CT molecular complexity index is 8860. The van der Waals surface area contributed by atoms with Crippen molar-refractivity contribution in [3.05, 3.63) is 479 Å². The molecule has 0 saturated carbocycles. The van der Waals surface area contributed by atoms with Gasteiger partial charge in [0, 0.05) is 82.8 Å². The molecule has 0 radical (unpaired) electrons. The van der Waals surface area contributed by atoms with Crippen LogP contribution < -0.4 is 0 Å². The summed E-state index contributed by atoms with van der Waals surface area (Å²) in [6.45, 7) is 2.12. The number of aromatic nitrogens is 9. The minimum atomic E-state index is 0.510. The highest BCUT2D eigenvalue weighted by Gasteiger charge is 2.22. The number of hydrogen-bond acceptors (Lipinski definition) is 9. The highest BCUT2D eigenvalue weighted by molar-refractivity contribution is 6.13. The number of para-hydroxylation sites is 3. The van der Waals surface area contributed by atoms with Gasteiger partial charge in [-0.3, -0.25) is 0 Å². The van der Waals surface area contributed by atoms with E-state index in [1.165, 1.54) is 126 Å². The summed E-state index contributed by atoms with van der Waals surface area (Å²) in [5.74, 6) is 3.09. The van der Waals surface area contributed by atoms with E-state index in [2.05, 4.69) is 397 Å². The highest BCUT2D eigenvalue weighted by atomic mass is 16.4. The summed E-state index contributed by atoms with van der Waals surface area (Å²) in [6.07, 6.45) is 0. The Kier molecular flexibility index (Phi) is 20.5. The van der Waals surface area contributed by atoms with Crippen molar-refractivity contribution in [2.75, 3.05) is 0 Å². The molecule has 12 nitrogen and oxygen atoms in total. The van der Waals surface area contributed by atoms with E-state index in [1.807, 2.05) is 127 Å². The van der Waals surface area contributed by atoms with Gasteiger partial charge in [0.1, 0.15) is 0 Å². The number of rotatable bonds is 15. The lowest BCUT2D eigenvalue weighted by Crippen LogP contribution is -1.94. The summed E-state index contributed by atoms with van der Waals surface area (Å²) in [7, 11) is 0. The van der Waals surface area contributed by atoms with Crippen LogP contribution in [0, 0.1) is 6.92 Å². The summed E-state index contributed by atoms with van der Waals surface area (Å²) < 4.78 is 25.0. The Hall–Kier alpha value is -18.3. The molecule has 26 rings (SSSR count). The van der Waals surface area contributed by atoms with Gasteiger partial charge in [0.05, 0.1) is 33.1 Å². The average molecular weight is 1730 g/mol. The topological polar surface area (TPSA) is 132 Å². The van der Waals surface area contributed by atoms with Crippen LogP contribution in [0.4, 0.5) is 0 Å². The van der Waals surface area contributed by atoms with Crippen LogP contribution in [0.25, 0.3) is 240 Å². The van der Waals surface area contributed by atoms with Crippen molar-refractivity contribution in [3.63, 3.8) is 0 Å². The monoisotopic (exact) mass is 1730 g/mol. The fourth-order valence-corrected chi connectivity index (χ4v) is 18.8. The quantitative estimate of drug-likeness (QED) is 0.0984. The Morgan fingerprint density at radius 1 is 0.156 bits per heavy atom. The largest absolute Gasteiger partial charge is 0.416 e. The lowest BCUT2D eigenvalue weighted by Gasteiger charge is -2.11. The molecule has 0 amide bonds. The number of nitrogens with zero attached hydrogens (tertiary/aromatic N) is 9. The van der Waals surface area contributed by atoms with Gasteiger partial charge < -0.3 is 27.0 Å². The zero-order chi connectivity index (χ0) is 89.7. The second-order valence-corrected chi connectivity index (χ2v) is 33.9. The smallest absolute Gasteiger partial charge is 0.248 e. The van der Waals surface area contributed by atoms with Gasteiger partial charge in [-0.05, 0) is 265 Å². The Morgan fingerprint density at radius 3 is 0.770 bits per heavy atom. The molecule has 12 heteroatoms. The molecular weight excluding hydrogens is 1650 g/mol. The van der Waals surface area contributed by atoms with Crippen LogP contribution in [0.15, 0.2) is 486 Å². The summed E-state index contributed by atoms with van der Waals surface area (Å²) in [6, 6.07) is 166. The molecule has 0 fully saturated rings. The van der Waals surface area contributed by atoms with Crippen LogP contribution in [0.5, 0.6) is 0 Å². The highest BCUT2D eigenvalue weighted by Crippen LogP contribution is 2.43. The fourth-order valence-electron chi connectivity index (χ4n) is 18.8. The second-order valence-electron chi connectivity index (χ2n) is 33.9. The first-order valence-corrected chi connectivity index (χ1v) is 45.2. The molecule has 135 heavy (non-hydrogen) atoms. The predicted octanol–water partition coefficient (Wildman–Crippen LogP) is 32.1. The van der Waals surface area contributed by atoms with E-state index in [0.29, 0.717) is 35.3 Å². The predicted molar refractivity (Wildman–Crippen MR) is 551 cm³/mol. The molecule has 0 bridgehead atoms. The van der Waals surface area contributed by atoms with Crippen molar-refractivity contribution in [2.45, 2.75) is 6.92 Å². The molecule has 6 aromatic heterocycles. The maximum Gasteiger partial charge on any atom is 0.248 e. The molecule has 0 unspecified atom stereocenters. The van der Waals surface area contributed by atoms with Crippen molar-refractivity contribution < 1.29 is 13.3 Å². The van der Waals surface area contributed by atoms with Gasteiger partial charge >= 0.3 is 0 Å². The third-order valence-corrected chi connectivity index (χ3v) is 25.7. The first-order valence-electron chi connectivity index (χ1n) is 45.2. The molecule has 26 aromatic rings. The molecule has 0 aliphatic rings. The molecule has 0 N–H and O–H groups in total.